The Morgan fingerprint density at radius 1 is 1.21 bits per heavy atom. The average Bonchev–Trinajstić information content (AvgIpc) is 2.84. The lowest BCUT2D eigenvalue weighted by atomic mass is 9.91. The Hall–Kier alpha value is -2.88. The highest BCUT2D eigenvalue weighted by molar-refractivity contribution is 5.85. The largest absolute Gasteiger partial charge is 0.405 e. The molecule has 5 N–H and O–H groups in total. The molecule has 4 rings (SSSR count). The van der Waals surface area contributed by atoms with E-state index >= 15 is 0 Å². The van der Waals surface area contributed by atoms with Crippen molar-refractivity contribution in [3.05, 3.63) is 53.7 Å². The Morgan fingerprint density at radius 3 is 2.53 bits per heavy atom. The van der Waals surface area contributed by atoms with Gasteiger partial charge in [0.25, 0.3) is 5.92 Å². The van der Waals surface area contributed by atoms with Crippen LogP contribution in [-0.4, -0.2) is 61.7 Å². The van der Waals surface area contributed by atoms with Crippen LogP contribution in [0.15, 0.2) is 42.4 Å². The molecule has 10 heteroatoms. The van der Waals surface area contributed by atoms with Gasteiger partial charge in [-0.2, -0.15) is 0 Å². The van der Waals surface area contributed by atoms with Gasteiger partial charge >= 0.3 is 0 Å². The van der Waals surface area contributed by atoms with Crippen molar-refractivity contribution < 1.29 is 22.7 Å². The van der Waals surface area contributed by atoms with Gasteiger partial charge in [0.2, 0.25) is 5.91 Å². The summed E-state index contributed by atoms with van der Waals surface area (Å²) in [5, 5.41) is 9.64. The molecule has 3 aliphatic heterocycles. The monoisotopic (exact) mass is 479 g/mol. The highest BCUT2D eigenvalue weighted by Gasteiger charge is 2.37. The van der Waals surface area contributed by atoms with E-state index in [1.807, 2.05) is 4.90 Å². The number of hydrogen-bond acceptors (Lipinski definition) is 6. The zero-order valence-electron chi connectivity index (χ0n) is 19.0. The van der Waals surface area contributed by atoms with Crippen LogP contribution in [0.1, 0.15) is 31.2 Å². The maximum absolute atomic E-state index is 13.7. The molecule has 0 spiro atoms. The molecule has 0 radical (unpaired) electrons. The third-order valence-corrected chi connectivity index (χ3v) is 6.69. The second kappa shape index (κ2) is 10.6. The fourth-order valence-electron chi connectivity index (χ4n) is 4.69. The topological polar surface area (TPSA) is 91.6 Å². The fourth-order valence-corrected chi connectivity index (χ4v) is 4.69. The van der Waals surface area contributed by atoms with Crippen molar-refractivity contribution in [2.24, 2.45) is 11.7 Å². The summed E-state index contributed by atoms with van der Waals surface area (Å²) in [6.45, 7) is 1.95. The van der Waals surface area contributed by atoms with Gasteiger partial charge in [0.15, 0.2) is 0 Å². The standard InChI is InChI=1S/C24H32F3N5O2/c25-18-3-1-17(2-4-18)21-22(32-11-8-24(26,27)9-12-32)29-15-20(30-21)23(33)31-19(5-10-28)16-6-13-34-14-7-16/h1-5,10,16,19-20,29-30H,6-9,11-15,28H2,(H,31,33)/b10-5-. The van der Waals surface area contributed by atoms with E-state index in [0.717, 1.165) is 12.8 Å². The minimum atomic E-state index is -2.67. The second-order valence-electron chi connectivity index (χ2n) is 9.02. The van der Waals surface area contributed by atoms with E-state index in [4.69, 9.17) is 10.5 Å². The Bertz CT molecular complexity index is 906. The number of rotatable bonds is 6. The molecular weight excluding hydrogens is 447 g/mol. The summed E-state index contributed by atoms with van der Waals surface area (Å²) in [4.78, 5) is 15.1. The van der Waals surface area contributed by atoms with Crippen molar-refractivity contribution >= 4 is 11.6 Å². The third-order valence-electron chi connectivity index (χ3n) is 6.69. The molecule has 2 unspecified atom stereocenters. The van der Waals surface area contributed by atoms with E-state index in [1.54, 1.807) is 18.2 Å². The van der Waals surface area contributed by atoms with Crippen LogP contribution in [0.3, 0.4) is 0 Å². The van der Waals surface area contributed by atoms with Gasteiger partial charge in [-0.1, -0.05) is 0 Å². The van der Waals surface area contributed by atoms with Crippen molar-refractivity contribution in [1.82, 2.24) is 20.9 Å². The maximum Gasteiger partial charge on any atom is 0.251 e. The molecule has 1 amide bonds. The lowest BCUT2D eigenvalue weighted by Crippen LogP contribution is -2.57. The van der Waals surface area contributed by atoms with Crippen LogP contribution in [0.25, 0.3) is 5.70 Å². The molecule has 0 saturated carbocycles. The number of ether oxygens (including phenoxy) is 1. The number of nitrogens with two attached hydrogens (primary N) is 1. The second-order valence-corrected chi connectivity index (χ2v) is 9.02. The van der Waals surface area contributed by atoms with Crippen molar-refractivity contribution in [2.75, 3.05) is 32.8 Å². The van der Waals surface area contributed by atoms with Crippen LogP contribution in [0.5, 0.6) is 0 Å². The van der Waals surface area contributed by atoms with E-state index in [1.165, 1.54) is 18.3 Å². The lowest BCUT2D eigenvalue weighted by Gasteiger charge is -2.40. The Morgan fingerprint density at radius 2 is 1.88 bits per heavy atom. The smallest absolute Gasteiger partial charge is 0.251 e. The van der Waals surface area contributed by atoms with E-state index in [2.05, 4.69) is 16.0 Å². The molecule has 3 heterocycles. The number of hydrogen-bond donors (Lipinski definition) is 4. The number of halogens is 3. The number of amides is 1. The lowest BCUT2D eigenvalue weighted by molar-refractivity contribution is -0.123. The molecular formula is C24H32F3N5O2. The molecule has 2 fully saturated rings. The number of alkyl halides is 2. The SMILES string of the molecule is N/C=C\C(NC(=O)C1CNC(N2CCC(F)(F)CC2)=C(c2ccc(F)cc2)N1)C1CCOCC1. The van der Waals surface area contributed by atoms with Gasteiger partial charge in [0.05, 0.1) is 11.7 Å². The molecule has 34 heavy (non-hydrogen) atoms. The van der Waals surface area contributed by atoms with Crippen LogP contribution >= 0.6 is 0 Å². The summed E-state index contributed by atoms with van der Waals surface area (Å²) < 4.78 is 46.4. The zero-order chi connectivity index (χ0) is 24.1. The molecule has 3 aliphatic rings. The minimum absolute atomic E-state index is 0.186. The molecule has 1 aromatic rings. The molecule has 2 saturated heterocycles. The summed E-state index contributed by atoms with van der Waals surface area (Å²) in [7, 11) is 0. The fraction of sp³-hybridized carbons (Fsp3) is 0.542. The number of piperidine rings is 1. The first-order valence-electron chi connectivity index (χ1n) is 11.8. The predicted molar refractivity (Wildman–Crippen MR) is 123 cm³/mol. The number of likely N-dealkylation sites (tertiary alicyclic amines) is 1. The summed E-state index contributed by atoms with van der Waals surface area (Å²) in [5.41, 5.74) is 6.89. The quantitative estimate of drug-likeness (QED) is 0.500. The van der Waals surface area contributed by atoms with Crippen LogP contribution in [0.2, 0.25) is 0 Å². The zero-order valence-corrected chi connectivity index (χ0v) is 19.0. The van der Waals surface area contributed by atoms with Crippen molar-refractivity contribution in [2.45, 2.75) is 43.7 Å². The summed E-state index contributed by atoms with van der Waals surface area (Å²) in [6.07, 6.45) is 4.42. The molecule has 0 aromatic heterocycles. The summed E-state index contributed by atoms with van der Waals surface area (Å²) >= 11 is 0. The molecule has 1 aromatic carbocycles. The molecule has 2 atom stereocenters. The van der Waals surface area contributed by atoms with Crippen molar-refractivity contribution in [3.8, 4) is 0 Å². The highest BCUT2D eigenvalue weighted by atomic mass is 19.3. The van der Waals surface area contributed by atoms with E-state index in [9.17, 15) is 18.0 Å². The Kier molecular flexibility index (Phi) is 7.55. The normalized spacial score (nSPS) is 24.4. The maximum atomic E-state index is 13.7. The Labute approximate surface area is 197 Å². The third kappa shape index (κ3) is 5.78. The van der Waals surface area contributed by atoms with Gasteiger partial charge in [-0.25, -0.2) is 13.2 Å². The first-order valence-corrected chi connectivity index (χ1v) is 11.8. The van der Waals surface area contributed by atoms with Gasteiger partial charge in [0.1, 0.15) is 17.7 Å². The van der Waals surface area contributed by atoms with Crippen molar-refractivity contribution in [1.29, 1.82) is 0 Å². The van der Waals surface area contributed by atoms with Crippen LogP contribution in [-0.2, 0) is 9.53 Å². The van der Waals surface area contributed by atoms with Crippen LogP contribution in [0.4, 0.5) is 13.2 Å². The molecule has 0 bridgehead atoms. The number of carbonyl (C=O) groups is 1. The van der Waals surface area contributed by atoms with E-state index in [0.29, 0.717) is 30.3 Å². The summed E-state index contributed by atoms with van der Waals surface area (Å²) in [5.74, 6) is -2.38. The van der Waals surface area contributed by atoms with E-state index in [-0.39, 0.29) is 56.2 Å². The number of carbonyl (C=O) groups excluding carboxylic acids is 1. The number of benzene rings is 1. The van der Waals surface area contributed by atoms with Crippen molar-refractivity contribution in [3.63, 3.8) is 0 Å². The van der Waals surface area contributed by atoms with Gasteiger partial charge < -0.3 is 31.3 Å². The Balaban J connectivity index is 1.53. The van der Waals surface area contributed by atoms with Gasteiger partial charge in [0, 0.05) is 51.3 Å². The number of nitrogens with one attached hydrogen (secondary N) is 3. The van der Waals surface area contributed by atoms with Crippen LogP contribution in [0, 0.1) is 11.7 Å². The summed E-state index contributed by atoms with van der Waals surface area (Å²) in [6, 6.07) is 5.07. The van der Waals surface area contributed by atoms with Gasteiger partial charge in [-0.05, 0) is 55.3 Å². The van der Waals surface area contributed by atoms with Gasteiger partial charge in [-0.3, -0.25) is 4.79 Å². The molecule has 0 aliphatic carbocycles. The average molecular weight is 480 g/mol. The first-order chi connectivity index (χ1) is 16.4. The minimum Gasteiger partial charge on any atom is -0.405 e. The molecule has 7 nitrogen and oxygen atoms in total. The van der Waals surface area contributed by atoms with Gasteiger partial charge in [-0.15, -0.1) is 0 Å². The first kappa shape index (κ1) is 24.3. The predicted octanol–water partition coefficient (Wildman–Crippen LogP) is 2.13. The highest BCUT2D eigenvalue weighted by Crippen LogP contribution is 2.31. The van der Waals surface area contributed by atoms with E-state index < -0.39 is 12.0 Å². The van der Waals surface area contributed by atoms with Crippen LogP contribution < -0.4 is 21.7 Å². The number of nitrogens with zero attached hydrogens (tertiary/aromatic N) is 1. The molecule has 186 valence electrons.